The molecule has 1 N–H and O–H groups in total. The molecule has 28 heavy (non-hydrogen) atoms. The maximum atomic E-state index is 12.6. The number of hydrogen-bond donors (Lipinski definition) is 1. The second kappa shape index (κ2) is 6.73. The molecule has 3 atom stereocenters. The summed E-state index contributed by atoms with van der Waals surface area (Å²) in [6, 6.07) is 16.7. The molecule has 1 heterocycles. The van der Waals surface area contributed by atoms with Gasteiger partial charge in [0.15, 0.2) is 0 Å². The van der Waals surface area contributed by atoms with Crippen LogP contribution in [0.3, 0.4) is 0 Å². The van der Waals surface area contributed by atoms with E-state index in [4.69, 9.17) is 0 Å². The highest BCUT2D eigenvalue weighted by Crippen LogP contribution is 2.49. The molecule has 0 aromatic heterocycles. The maximum absolute atomic E-state index is 12.6. The number of carbonyl (C=O) groups is 1. The third kappa shape index (κ3) is 3.06. The number of carbonyl (C=O) groups excluding carboxylic acids is 1. The highest BCUT2D eigenvalue weighted by molar-refractivity contribution is 6.04. The topological polar surface area (TPSA) is 32.3 Å². The van der Waals surface area contributed by atoms with Crippen molar-refractivity contribution in [2.75, 3.05) is 18.4 Å². The van der Waals surface area contributed by atoms with Crippen LogP contribution in [0.2, 0.25) is 0 Å². The summed E-state index contributed by atoms with van der Waals surface area (Å²) in [7, 11) is 0. The van der Waals surface area contributed by atoms with Crippen LogP contribution in [0.25, 0.3) is 0 Å². The number of amides is 1. The number of hydrogen-bond acceptors (Lipinski definition) is 2. The van der Waals surface area contributed by atoms with Crippen molar-refractivity contribution in [1.82, 2.24) is 4.90 Å². The average Bonchev–Trinajstić information content (AvgIpc) is 3.52. The van der Waals surface area contributed by atoms with E-state index in [1.807, 2.05) is 30.3 Å². The van der Waals surface area contributed by atoms with E-state index in [0.717, 1.165) is 18.0 Å². The minimum absolute atomic E-state index is 0.0355. The predicted molar refractivity (Wildman–Crippen MR) is 114 cm³/mol. The summed E-state index contributed by atoms with van der Waals surface area (Å²) < 4.78 is 0. The Morgan fingerprint density at radius 3 is 2.71 bits per heavy atom. The maximum Gasteiger partial charge on any atom is 0.255 e. The number of piperidine rings is 1. The van der Waals surface area contributed by atoms with Crippen LogP contribution in [0, 0.1) is 11.8 Å². The first-order chi connectivity index (χ1) is 13.5. The largest absolute Gasteiger partial charge is 0.322 e. The lowest BCUT2D eigenvalue weighted by Gasteiger charge is -2.55. The highest BCUT2D eigenvalue weighted by Gasteiger charge is 2.49. The monoisotopic (exact) mass is 374 g/mol. The molecule has 2 fully saturated rings. The molecular weight excluding hydrogens is 344 g/mol. The van der Waals surface area contributed by atoms with Gasteiger partial charge in [0.2, 0.25) is 0 Å². The highest BCUT2D eigenvalue weighted by atomic mass is 16.1. The molecule has 146 valence electrons. The molecule has 3 nitrogen and oxygen atoms in total. The normalized spacial score (nSPS) is 29.2. The number of fused-ring (bicyclic) bond motifs is 4. The van der Waals surface area contributed by atoms with Crippen molar-refractivity contribution < 1.29 is 4.79 Å². The van der Waals surface area contributed by atoms with Gasteiger partial charge >= 0.3 is 0 Å². The van der Waals surface area contributed by atoms with Crippen LogP contribution in [0.1, 0.15) is 54.6 Å². The Labute approximate surface area is 168 Å². The summed E-state index contributed by atoms with van der Waals surface area (Å²) in [5.74, 6) is 1.56. The first kappa shape index (κ1) is 17.9. The fraction of sp³-hybridized carbons (Fsp3) is 0.480. The zero-order valence-corrected chi connectivity index (χ0v) is 16.9. The zero-order chi connectivity index (χ0) is 19.3. The van der Waals surface area contributed by atoms with E-state index in [1.165, 1.54) is 43.5 Å². The SMILES string of the molecule is C[C@H]1C2Cc3ccc(NC(=O)c4ccccc4)cc3[C@@]1(C)CCN2CC1CC1. The molecule has 0 spiro atoms. The van der Waals surface area contributed by atoms with E-state index in [9.17, 15) is 4.79 Å². The summed E-state index contributed by atoms with van der Waals surface area (Å²) in [5.41, 5.74) is 4.75. The van der Waals surface area contributed by atoms with Crippen LogP contribution in [0.5, 0.6) is 0 Å². The third-order valence-corrected chi connectivity index (χ3v) is 7.61. The quantitative estimate of drug-likeness (QED) is 0.828. The van der Waals surface area contributed by atoms with E-state index in [1.54, 1.807) is 0 Å². The zero-order valence-electron chi connectivity index (χ0n) is 16.9. The number of likely N-dealkylation sites (tertiary alicyclic amines) is 1. The molecule has 2 aromatic carbocycles. The minimum Gasteiger partial charge on any atom is -0.322 e. The summed E-state index contributed by atoms with van der Waals surface area (Å²) in [4.78, 5) is 15.4. The molecule has 1 saturated heterocycles. The van der Waals surface area contributed by atoms with Crippen LogP contribution < -0.4 is 5.32 Å². The molecule has 1 saturated carbocycles. The molecule has 1 aliphatic heterocycles. The van der Waals surface area contributed by atoms with Gasteiger partial charge < -0.3 is 5.32 Å². The Bertz CT molecular complexity index is 889. The Morgan fingerprint density at radius 1 is 1.18 bits per heavy atom. The lowest BCUT2D eigenvalue weighted by molar-refractivity contribution is 0.0284. The molecular formula is C25H30N2O. The van der Waals surface area contributed by atoms with Gasteiger partial charge in [-0.15, -0.1) is 0 Å². The fourth-order valence-corrected chi connectivity index (χ4v) is 5.44. The smallest absolute Gasteiger partial charge is 0.255 e. The molecule has 5 rings (SSSR count). The lowest BCUT2D eigenvalue weighted by Crippen LogP contribution is -2.58. The molecule has 3 aliphatic rings. The summed E-state index contributed by atoms with van der Waals surface area (Å²) >= 11 is 0. The molecule has 1 amide bonds. The summed E-state index contributed by atoms with van der Waals surface area (Å²) in [6.07, 6.45) is 5.21. The van der Waals surface area contributed by atoms with Crippen molar-refractivity contribution in [2.45, 2.75) is 51.0 Å². The molecule has 2 aromatic rings. The van der Waals surface area contributed by atoms with Crippen LogP contribution >= 0.6 is 0 Å². The Kier molecular flexibility index (Phi) is 4.31. The first-order valence-electron chi connectivity index (χ1n) is 10.8. The Morgan fingerprint density at radius 2 is 1.96 bits per heavy atom. The van der Waals surface area contributed by atoms with Gasteiger partial charge in [-0.25, -0.2) is 0 Å². The second-order valence-corrected chi connectivity index (χ2v) is 9.36. The number of nitrogens with one attached hydrogen (secondary N) is 1. The number of rotatable bonds is 4. The van der Waals surface area contributed by atoms with Gasteiger partial charge in [-0.05, 0) is 84.9 Å². The van der Waals surface area contributed by atoms with Crippen LogP contribution in [0.4, 0.5) is 5.69 Å². The van der Waals surface area contributed by atoms with Crippen molar-refractivity contribution in [3.8, 4) is 0 Å². The Balaban J connectivity index is 1.41. The van der Waals surface area contributed by atoms with Crippen molar-refractivity contribution in [3.05, 3.63) is 65.2 Å². The van der Waals surface area contributed by atoms with Gasteiger partial charge in [0.05, 0.1) is 0 Å². The second-order valence-electron chi connectivity index (χ2n) is 9.36. The number of anilines is 1. The van der Waals surface area contributed by atoms with Crippen molar-refractivity contribution in [1.29, 1.82) is 0 Å². The van der Waals surface area contributed by atoms with Gasteiger partial charge in [0.25, 0.3) is 5.91 Å². The van der Waals surface area contributed by atoms with Crippen molar-refractivity contribution in [3.63, 3.8) is 0 Å². The summed E-state index contributed by atoms with van der Waals surface area (Å²) in [6.45, 7) is 7.40. The van der Waals surface area contributed by atoms with Crippen LogP contribution in [-0.4, -0.2) is 29.9 Å². The van der Waals surface area contributed by atoms with Gasteiger partial charge in [-0.1, -0.05) is 38.1 Å². The molecule has 0 radical (unpaired) electrons. The fourth-order valence-electron chi connectivity index (χ4n) is 5.44. The van der Waals surface area contributed by atoms with Gasteiger partial charge in [-0.3, -0.25) is 9.69 Å². The van der Waals surface area contributed by atoms with Crippen molar-refractivity contribution >= 4 is 11.6 Å². The molecule has 2 aliphatic carbocycles. The Hall–Kier alpha value is -2.13. The predicted octanol–water partition coefficient (Wildman–Crippen LogP) is 4.87. The average molecular weight is 375 g/mol. The summed E-state index contributed by atoms with van der Waals surface area (Å²) in [5, 5.41) is 3.11. The van der Waals surface area contributed by atoms with Crippen LogP contribution in [-0.2, 0) is 11.8 Å². The molecule has 1 unspecified atom stereocenters. The van der Waals surface area contributed by atoms with Gasteiger partial charge in [0, 0.05) is 23.8 Å². The lowest BCUT2D eigenvalue weighted by atomic mass is 9.59. The minimum atomic E-state index is -0.0355. The first-order valence-corrected chi connectivity index (χ1v) is 10.8. The number of benzene rings is 2. The third-order valence-electron chi connectivity index (χ3n) is 7.61. The standard InChI is InChI=1S/C25H30N2O/c1-17-23-14-20-10-11-21(26-24(28)19-6-4-3-5-7-19)15-22(20)25(17,2)12-13-27(23)16-18-8-9-18/h3-7,10-11,15,17-18,23H,8-9,12-14,16H2,1-2H3,(H,26,28)/t17-,23?,25-/m0/s1. The molecule has 2 bridgehead atoms. The van der Waals surface area contributed by atoms with Crippen molar-refractivity contribution in [2.24, 2.45) is 11.8 Å². The van der Waals surface area contributed by atoms with Crippen LogP contribution in [0.15, 0.2) is 48.5 Å². The van der Waals surface area contributed by atoms with E-state index >= 15 is 0 Å². The number of nitrogens with zero attached hydrogens (tertiary/aromatic N) is 1. The van der Waals surface area contributed by atoms with Gasteiger partial charge in [-0.2, -0.15) is 0 Å². The van der Waals surface area contributed by atoms with E-state index in [-0.39, 0.29) is 11.3 Å². The van der Waals surface area contributed by atoms with E-state index in [0.29, 0.717) is 17.5 Å². The van der Waals surface area contributed by atoms with E-state index in [2.05, 4.69) is 42.3 Å². The van der Waals surface area contributed by atoms with Gasteiger partial charge in [0.1, 0.15) is 0 Å². The molecule has 3 heteroatoms. The van der Waals surface area contributed by atoms with E-state index < -0.39 is 0 Å².